The Morgan fingerprint density at radius 2 is 1.94 bits per heavy atom. The van der Waals surface area contributed by atoms with Gasteiger partial charge in [-0.15, -0.1) is 0 Å². The third kappa shape index (κ3) is 2.71. The van der Waals surface area contributed by atoms with Crippen molar-refractivity contribution in [3.05, 3.63) is 58.1 Å². The number of nitrogens with two attached hydrogens (primary N) is 1. The lowest BCUT2D eigenvalue weighted by atomic mass is 10.1. The number of nitrogens with one attached hydrogen (secondary N) is 1. The molecule has 0 saturated carbocycles. The number of halogens is 1. The highest BCUT2D eigenvalue weighted by molar-refractivity contribution is 9.10. The summed E-state index contributed by atoms with van der Waals surface area (Å²) < 4.78 is 0.954. The fourth-order valence-corrected chi connectivity index (χ4v) is 2.16. The maximum absolute atomic E-state index is 12.1. The summed E-state index contributed by atoms with van der Waals surface area (Å²) in [7, 11) is 0. The topological polar surface area (TPSA) is 55.1 Å². The van der Waals surface area contributed by atoms with Crippen LogP contribution in [-0.2, 0) is 0 Å². The van der Waals surface area contributed by atoms with Crippen LogP contribution in [0.15, 0.2) is 46.9 Å². The number of nitrogen functional groups attached to an aromatic ring is 1. The number of rotatable bonds is 2. The molecule has 0 radical (unpaired) electrons. The second-order valence-electron chi connectivity index (χ2n) is 4.00. The Morgan fingerprint density at radius 3 is 2.61 bits per heavy atom. The lowest BCUT2D eigenvalue weighted by molar-refractivity contribution is 0.102. The van der Waals surface area contributed by atoms with Gasteiger partial charge in [-0.25, -0.2) is 0 Å². The molecular formula is C14H13BrN2O. The van der Waals surface area contributed by atoms with Crippen molar-refractivity contribution in [1.82, 2.24) is 0 Å². The first kappa shape index (κ1) is 12.6. The van der Waals surface area contributed by atoms with Gasteiger partial charge >= 0.3 is 0 Å². The van der Waals surface area contributed by atoms with Gasteiger partial charge in [0.05, 0.1) is 11.4 Å². The van der Waals surface area contributed by atoms with Gasteiger partial charge in [0.15, 0.2) is 0 Å². The molecule has 0 aromatic heterocycles. The maximum atomic E-state index is 12.1. The Hall–Kier alpha value is -1.81. The summed E-state index contributed by atoms with van der Waals surface area (Å²) in [6.45, 7) is 1.90. The van der Waals surface area contributed by atoms with E-state index < -0.39 is 0 Å². The van der Waals surface area contributed by atoms with E-state index in [0.29, 0.717) is 16.9 Å². The van der Waals surface area contributed by atoms with Gasteiger partial charge in [-0.1, -0.05) is 28.1 Å². The van der Waals surface area contributed by atoms with E-state index in [1.165, 1.54) is 0 Å². The minimum absolute atomic E-state index is 0.155. The molecule has 0 fully saturated rings. The molecule has 0 aliphatic rings. The van der Waals surface area contributed by atoms with E-state index >= 15 is 0 Å². The third-order valence-corrected chi connectivity index (χ3v) is 3.14. The predicted octanol–water partition coefficient (Wildman–Crippen LogP) is 3.59. The Balaban J connectivity index is 2.25. The maximum Gasteiger partial charge on any atom is 0.255 e. The Morgan fingerprint density at radius 1 is 1.22 bits per heavy atom. The molecule has 4 heteroatoms. The molecule has 3 nitrogen and oxygen atoms in total. The van der Waals surface area contributed by atoms with Crippen molar-refractivity contribution < 1.29 is 4.79 Å². The molecule has 0 spiro atoms. The largest absolute Gasteiger partial charge is 0.397 e. The first-order valence-electron chi connectivity index (χ1n) is 5.50. The van der Waals surface area contributed by atoms with Crippen LogP contribution in [0.1, 0.15) is 15.9 Å². The number of para-hydroxylation sites is 2. The second-order valence-corrected chi connectivity index (χ2v) is 4.92. The number of anilines is 2. The van der Waals surface area contributed by atoms with E-state index in [1.54, 1.807) is 18.2 Å². The molecule has 3 N–H and O–H groups in total. The fraction of sp³-hybridized carbons (Fsp3) is 0.0714. The van der Waals surface area contributed by atoms with Crippen molar-refractivity contribution in [3.8, 4) is 0 Å². The summed E-state index contributed by atoms with van der Waals surface area (Å²) in [5.41, 5.74) is 8.53. The Labute approximate surface area is 114 Å². The highest BCUT2D eigenvalue weighted by Crippen LogP contribution is 2.20. The van der Waals surface area contributed by atoms with Crippen LogP contribution in [0.25, 0.3) is 0 Å². The number of hydrogen-bond acceptors (Lipinski definition) is 2. The van der Waals surface area contributed by atoms with Crippen LogP contribution in [0.4, 0.5) is 11.4 Å². The van der Waals surface area contributed by atoms with Gasteiger partial charge in [-0.2, -0.15) is 0 Å². The van der Waals surface area contributed by atoms with Crippen molar-refractivity contribution in [3.63, 3.8) is 0 Å². The number of carbonyl (C=O) groups is 1. The smallest absolute Gasteiger partial charge is 0.255 e. The lowest BCUT2D eigenvalue weighted by Crippen LogP contribution is -2.14. The standard InChI is InChI=1S/C14H13BrN2O/c1-9-8-10(15)6-7-11(9)14(18)17-13-5-3-2-4-12(13)16/h2-8H,16H2,1H3,(H,17,18). The SMILES string of the molecule is Cc1cc(Br)ccc1C(=O)Nc1ccccc1N. The molecule has 92 valence electrons. The molecule has 2 aromatic rings. The Bertz CT molecular complexity index is 596. The summed E-state index contributed by atoms with van der Waals surface area (Å²) >= 11 is 3.37. The molecule has 18 heavy (non-hydrogen) atoms. The van der Waals surface area contributed by atoms with Crippen molar-refractivity contribution in [2.45, 2.75) is 6.92 Å². The molecule has 1 amide bonds. The van der Waals surface area contributed by atoms with Crippen LogP contribution in [0.3, 0.4) is 0 Å². The first-order chi connectivity index (χ1) is 8.58. The minimum Gasteiger partial charge on any atom is -0.397 e. The summed E-state index contributed by atoms with van der Waals surface area (Å²) in [6, 6.07) is 12.7. The Kier molecular flexibility index (Phi) is 3.67. The third-order valence-electron chi connectivity index (χ3n) is 2.64. The van der Waals surface area contributed by atoms with Gasteiger partial charge in [-0.3, -0.25) is 4.79 Å². The summed E-state index contributed by atoms with van der Waals surface area (Å²) in [5.74, 6) is -0.155. The predicted molar refractivity (Wildman–Crippen MR) is 77.7 cm³/mol. The molecule has 0 aliphatic carbocycles. The van der Waals surface area contributed by atoms with Crippen LogP contribution in [-0.4, -0.2) is 5.91 Å². The van der Waals surface area contributed by atoms with Crippen LogP contribution >= 0.6 is 15.9 Å². The summed E-state index contributed by atoms with van der Waals surface area (Å²) in [5, 5.41) is 2.81. The number of amides is 1. The number of benzene rings is 2. The van der Waals surface area contributed by atoms with E-state index in [0.717, 1.165) is 10.0 Å². The minimum atomic E-state index is -0.155. The van der Waals surface area contributed by atoms with Crippen LogP contribution in [0.2, 0.25) is 0 Å². The van der Waals surface area contributed by atoms with Crippen LogP contribution in [0, 0.1) is 6.92 Å². The molecule has 0 atom stereocenters. The van der Waals surface area contributed by atoms with E-state index in [2.05, 4.69) is 21.2 Å². The van der Waals surface area contributed by atoms with Gasteiger partial charge in [0.25, 0.3) is 5.91 Å². The monoisotopic (exact) mass is 304 g/mol. The van der Waals surface area contributed by atoms with Crippen LogP contribution < -0.4 is 11.1 Å². The molecule has 2 aromatic carbocycles. The molecule has 0 aliphatic heterocycles. The molecule has 0 saturated heterocycles. The van der Waals surface area contributed by atoms with E-state index in [4.69, 9.17) is 5.73 Å². The van der Waals surface area contributed by atoms with E-state index in [9.17, 15) is 4.79 Å². The van der Waals surface area contributed by atoms with Gasteiger partial charge in [0, 0.05) is 10.0 Å². The quantitative estimate of drug-likeness (QED) is 0.833. The average Bonchev–Trinajstić information content (AvgIpc) is 2.32. The molecular weight excluding hydrogens is 292 g/mol. The fourth-order valence-electron chi connectivity index (χ4n) is 1.68. The highest BCUT2D eigenvalue weighted by atomic mass is 79.9. The van der Waals surface area contributed by atoms with Crippen molar-refractivity contribution in [2.75, 3.05) is 11.1 Å². The van der Waals surface area contributed by atoms with Crippen molar-refractivity contribution >= 4 is 33.2 Å². The normalized spacial score (nSPS) is 10.1. The zero-order chi connectivity index (χ0) is 13.1. The summed E-state index contributed by atoms with van der Waals surface area (Å²) in [6.07, 6.45) is 0. The lowest BCUT2D eigenvalue weighted by Gasteiger charge is -2.09. The molecule has 0 heterocycles. The average molecular weight is 305 g/mol. The van der Waals surface area contributed by atoms with Crippen molar-refractivity contribution in [2.24, 2.45) is 0 Å². The summed E-state index contributed by atoms with van der Waals surface area (Å²) in [4.78, 5) is 12.1. The van der Waals surface area contributed by atoms with Gasteiger partial charge < -0.3 is 11.1 Å². The van der Waals surface area contributed by atoms with Gasteiger partial charge in [0.2, 0.25) is 0 Å². The van der Waals surface area contributed by atoms with E-state index in [-0.39, 0.29) is 5.91 Å². The van der Waals surface area contributed by atoms with Crippen LogP contribution in [0.5, 0.6) is 0 Å². The zero-order valence-electron chi connectivity index (χ0n) is 9.91. The molecule has 0 bridgehead atoms. The molecule has 2 rings (SSSR count). The first-order valence-corrected chi connectivity index (χ1v) is 6.29. The van der Waals surface area contributed by atoms with Crippen molar-refractivity contribution in [1.29, 1.82) is 0 Å². The van der Waals surface area contributed by atoms with E-state index in [1.807, 2.05) is 31.2 Å². The number of carbonyl (C=O) groups excluding carboxylic acids is 1. The second kappa shape index (κ2) is 5.23. The molecule has 0 unspecified atom stereocenters. The van der Waals surface area contributed by atoms with Gasteiger partial charge in [0.1, 0.15) is 0 Å². The highest BCUT2D eigenvalue weighted by Gasteiger charge is 2.10. The number of aryl methyl sites for hydroxylation is 1. The number of hydrogen-bond donors (Lipinski definition) is 2. The van der Waals surface area contributed by atoms with Gasteiger partial charge in [-0.05, 0) is 42.8 Å². The zero-order valence-corrected chi connectivity index (χ0v) is 11.5.